The van der Waals surface area contributed by atoms with Crippen molar-refractivity contribution >= 4 is 15.9 Å². The van der Waals surface area contributed by atoms with E-state index in [0.717, 1.165) is 25.6 Å². The van der Waals surface area contributed by atoms with E-state index in [1.54, 1.807) is 0 Å². The number of piperazine rings is 1. The molecule has 1 saturated heterocycles. The molecule has 3 heteroatoms. The third-order valence-corrected chi connectivity index (χ3v) is 5.26. The first-order valence-electron chi connectivity index (χ1n) is 7.65. The zero-order valence-electron chi connectivity index (χ0n) is 13.1. The average molecular weight is 339 g/mol. The number of hydrogen-bond donors (Lipinski definition) is 1. The van der Waals surface area contributed by atoms with Gasteiger partial charge in [-0.05, 0) is 31.4 Å². The molecule has 1 aliphatic heterocycles. The van der Waals surface area contributed by atoms with Gasteiger partial charge in [0.2, 0.25) is 0 Å². The minimum absolute atomic E-state index is 0.200. The summed E-state index contributed by atoms with van der Waals surface area (Å²) in [5, 5.41) is 3.70. The summed E-state index contributed by atoms with van der Waals surface area (Å²) in [4.78, 5) is 2.66. The first-order chi connectivity index (χ1) is 9.43. The van der Waals surface area contributed by atoms with E-state index in [4.69, 9.17) is 0 Å². The lowest BCUT2D eigenvalue weighted by Crippen LogP contribution is -2.62. The molecule has 1 aromatic carbocycles. The highest BCUT2D eigenvalue weighted by Gasteiger charge is 2.34. The fourth-order valence-electron chi connectivity index (χ4n) is 3.04. The highest BCUT2D eigenvalue weighted by atomic mass is 79.9. The summed E-state index contributed by atoms with van der Waals surface area (Å²) in [5.41, 5.74) is 1.59. The first-order valence-corrected chi connectivity index (χ1v) is 8.44. The molecule has 0 spiro atoms. The molecule has 0 aliphatic carbocycles. The summed E-state index contributed by atoms with van der Waals surface area (Å²) in [6, 6.07) is 9.21. The van der Waals surface area contributed by atoms with E-state index in [1.165, 1.54) is 16.5 Å². The van der Waals surface area contributed by atoms with Gasteiger partial charge >= 0.3 is 0 Å². The maximum absolute atomic E-state index is 3.70. The summed E-state index contributed by atoms with van der Waals surface area (Å²) in [5.74, 6) is 0.723. The number of rotatable bonds is 4. The molecule has 20 heavy (non-hydrogen) atoms. The van der Waals surface area contributed by atoms with Gasteiger partial charge in [0.05, 0.1) is 0 Å². The molecule has 1 N–H and O–H groups in total. The molecule has 1 aromatic rings. The Morgan fingerprint density at radius 1 is 1.40 bits per heavy atom. The molecule has 1 aliphatic rings. The van der Waals surface area contributed by atoms with E-state index in [0.29, 0.717) is 6.04 Å². The molecule has 2 atom stereocenters. The molecular weight excluding hydrogens is 312 g/mol. The van der Waals surface area contributed by atoms with Crippen molar-refractivity contribution in [2.24, 2.45) is 5.92 Å². The van der Waals surface area contributed by atoms with Crippen LogP contribution in [-0.4, -0.2) is 29.6 Å². The Hall–Kier alpha value is -0.380. The number of benzene rings is 1. The largest absolute Gasteiger partial charge is 0.309 e. The van der Waals surface area contributed by atoms with Crippen LogP contribution < -0.4 is 5.32 Å². The Bertz CT molecular complexity index is 444. The topological polar surface area (TPSA) is 15.3 Å². The van der Waals surface area contributed by atoms with Crippen molar-refractivity contribution in [1.29, 1.82) is 0 Å². The van der Waals surface area contributed by atoms with Gasteiger partial charge in [-0.3, -0.25) is 4.90 Å². The fraction of sp³-hybridized carbons (Fsp3) is 0.647. The highest BCUT2D eigenvalue weighted by Crippen LogP contribution is 2.26. The van der Waals surface area contributed by atoms with Crippen molar-refractivity contribution in [1.82, 2.24) is 10.2 Å². The molecular formula is C17H27BrN2. The third-order valence-electron chi connectivity index (χ3n) is 4.49. The predicted molar refractivity (Wildman–Crippen MR) is 89.9 cm³/mol. The Morgan fingerprint density at radius 3 is 2.75 bits per heavy atom. The SMILES string of the molecule is CCC(C)C1CNC(C)(C)CN1Cc1ccccc1Br. The minimum Gasteiger partial charge on any atom is -0.309 e. The number of hydrogen-bond acceptors (Lipinski definition) is 2. The van der Waals surface area contributed by atoms with Crippen LogP contribution in [0.15, 0.2) is 28.7 Å². The predicted octanol–water partition coefficient (Wildman–Crippen LogP) is 4.05. The molecule has 2 rings (SSSR count). The molecule has 112 valence electrons. The van der Waals surface area contributed by atoms with E-state index in [1.807, 2.05) is 0 Å². The van der Waals surface area contributed by atoms with Crippen molar-refractivity contribution in [3.05, 3.63) is 34.3 Å². The quantitative estimate of drug-likeness (QED) is 0.890. The van der Waals surface area contributed by atoms with E-state index in [-0.39, 0.29) is 5.54 Å². The van der Waals surface area contributed by atoms with Gasteiger partial charge in [-0.1, -0.05) is 54.4 Å². The van der Waals surface area contributed by atoms with Gasteiger partial charge in [-0.25, -0.2) is 0 Å². The van der Waals surface area contributed by atoms with Crippen LogP contribution in [0.5, 0.6) is 0 Å². The standard InChI is InChI=1S/C17H27BrN2/c1-5-13(2)16-10-19-17(3,4)12-20(16)11-14-8-6-7-9-15(14)18/h6-9,13,16,19H,5,10-12H2,1-4H3. The molecule has 1 heterocycles. The smallest absolute Gasteiger partial charge is 0.0253 e. The number of nitrogens with one attached hydrogen (secondary N) is 1. The normalized spacial score (nSPS) is 24.6. The average Bonchev–Trinajstić information content (AvgIpc) is 2.40. The summed E-state index contributed by atoms with van der Waals surface area (Å²) in [6.07, 6.45) is 1.24. The van der Waals surface area contributed by atoms with Crippen molar-refractivity contribution in [3.63, 3.8) is 0 Å². The van der Waals surface area contributed by atoms with Gasteiger partial charge in [0.1, 0.15) is 0 Å². The number of halogens is 1. The summed E-state index contributed by atoms with van der Waals surface area (Å²) < 4.78 is 1.22. The maximum Gasteiger partial charge on any atom is 0.0253 e. The van der Waals surface area contributed by atoms with E-state index in [2.05, 4.69) is 78.1 Å². The van der Waals surface area contributed by atoms with E-state index < -0.39 is 0 Å². The Labute approximate surface area is 132 Å². The van der Waals surface area contributed by atoms with Gasteiger partial charge in [0, 0.05) is 35.7 Å². The van der Waals surface area contributed by atoms with Crippen LogP contribution in [0.25, 0.3) is 0 Å². The fourth-order valence-corrected chi connectivity index (χ4v) is 3.45. The van der Waals surface area contributed by atoms with Gasteiger partial charge in [-0.2, -0.15) is 0 Å². The second kappa shape index (κ2) is 6.59. The van der Waals surface area contributed by atoms with Gasteiger partial charge in [-0.15, -0.1) is 0 Å². The molecule has 0 saturated carbocycles. The Kier molecular flexibility index (Phi) is 5.27. The molecule has 0 aromatic heterocycles. The second-order valence-corrected chi connectivity index (χ2v) is 7.57. The maximum atomic E-state index is 3.70. The first kappa shape index (κ1) is 16.0. The van der Waals surface area contributed by atoms with E-state index >= 15 is 0 Å². The van der Waals surface area contributed by atoms with Crippen molar-refractivity contribution in [2.45, 2.75) is 52.2 Å². The molecule has 0 amide bonds. The van der Waals surface area contributed by atoms with Crippen LogP contribution >= 0.6 is 15.9 Å². The lowest BCUT2D eigenvalue weighted by molar-refractivity contribution is 0.0570. The summed E-state index contributed by atoms with van der Waals surface area (Å²) in [7, 11) is 0. The monoisotopic (exact) mass is 338 g/mol. The summed E-state index contributed by atoms with van der Waals surface area (Å²) in [6.45, 7) is 12.5. The van der Waals surface area contributed by atoms with Crippen molar-refractivity contribution in [2.75, 3.05) is 13.1 Å². The van der Waals surface area contributed by atoms with Gasteiger partial charge in [0.25, 0.3) is 0 Å². The molecule has 2 nitrogen and oxygen atoms in total. The molecule has 2 unspecified atom stereocenters. The van der Waals surface area contributed by atoms with Crippen molar-refractivity contribution < 1.29 is 0 Å². The van der Waals surface area contributed by atoms with Gasteiger partial charge in [0.15, 0.2) is 0 Å². The lowest BCUT2D eigenvalue weighted by atomic mass is 9.90. The minimum atomic E-state index is 0.200. The molecule has 1 fully saturated rings. The van der Waals surface area contributed by atoms with Crippen LogP contribution in [0.1, 0.15) is 39.7 Å². The summed E-state index contributed by atoms with van der Waals surface area (Å²) >= 11 is 3.68. The second-order valence-electron chi connectivity index (χ2n) is 6.71. The van der Waals surface area contributed by atoms with Crippen LogP contribution in [-0.2, 0) is 6.54 Å². The van der Waals surface area contributed by atoms with Gasteiger partial charge < -0.3 is 5.32 Å². The van der Waals surface area contributed by atoms with Crippen LogP contribution in [0.4, 0.5) is 0 Å². The van der Waals surface area contributed by atoms with Crippen LogP contribution in [0.3, 0.4) is 0 Å². The highest BCUT2D eigenvalue weighted by molar-refractivity contribution is 9.10. The van der Waals surface area contributed by atoms with Crippen LogP contribution in [0.2, 0.25) is 0 Å². The van der Waals surface area contributed by atoms with Crippen molar-refractivity contribution in [3.8, 4) is 0 Å². The molecule has 0 radical (unpaired) electrons. The lowest BCUT2D eigenvalue weighted by Gasteiger charge is -2.47. The number of nitrogens with zero attached hydrogens (tertiary/aromatic N) is 1. The zero-order chi connectivity index (χ0) is 14.8. The molecule has 0 bridgehead atoms. The Morgan fingerprint density at radius 2 is 2.10 bits per heavy atom. The van der Waals surface area contributed by atoms with Crippen LogP contribution in [0, 0.1) is 5.92 Å². The van der Waals surface area contributed by atoms with E-state index in [9.17, 15) is 0 Å². The Balaban J connectivity index is 2.17. The zero-order valence-corrected chi connectivity index (χ0v) is 14.7. The third kappa shape index (κ3) is 3.84.